The van der Waals surface area contributed by atoms with Gasteiger partial charge >= 0.3 is 0 Å². The van der Waals surface area contributed by atoms with Crippen molar-refractivity contribution in [3.8, 4) is 11.4 Å². The number of hydrogen-bond acceptors (Lipinski definition) is 7. The van der Waals surface area contributed by atoms with Gasteiger partial charge in [0.2, 0.25) is 27.6 Å². The molecule has 1 atom stereocenters. The Morgan fingerprint density at radius 3 is 2.53 bits per heavy atom. The topological polar surface area (TPSA) is 109 Å². The van der Waals surface area contributed by atoms with Crippen LogP contribution >= 0.6 is 11.6 Å². The number of likely N-dealkylation sites (tertiary alicyclic amines) is 1. The monoisotopic (exact) mass is 557 g/mol. The third-order valence-electron chi connectivity index (χ3n) is 7.11. The second kappa shape index (κ2) is 11.9. The van der Waals surface area contributed by atoms with Gasteiger partial charge in [-0.15, -0.1) is 0 Å². The highest BCUT2D eigenvalue weighted by molar-refractivity contribution is 7.89. The smallest absolute Gasteiger partial charge is 0.243 e. The summed E-state index contributed by atoms with van der Waals surface area (Å²) in [6.07, 6.45) is 5.56. The summed E-state index contributed by atoms with van der Waals surface area (Å²) in [6.45, 7) is 2.99. The summed E-state index contributed by atoms with van der Waals surface area (Å²) < 4.78 is 33.0. The minimum atomic E-state index is -3.52. The van der Waals surface area contributed by atoms with Crippen molar-refractivity contribution in [3.05, 3.63) is 59.4 Å². The molecule has 38 heavy (non-hydrogen) atoms. The lowest BCUT2D eigenvalue weighted by atomic mass is 9.97. The highest BCUT2D eigenvalue weighted by Crippen LogP contribution is 2.25. The normalized spacial score (nSPS) is 19.7. The molecule has 0 saturated carbocycles. The maximum absolute atomic E-state index is 13.0. The van der Waals surface area contributed by atoms with E-state index < -0.39 is 10.0 Å². The molecule has 3 heterocycles. The van der Waals surface area contributed by atoms with Crippen LogP contribution in [0.3, 0.4) is 0 Å². The molecule has 5 rings (SSSR count). The minimum Gasteiger partial charge on any atom is -0.338 e. The Balaban J connectivity index is 1.17. The first-order valence-corrected chi connectivity index (χ1v) is 14.9. The number of carbonyl (C=O) groups is 1. The average molecular weight is 558 g/mol. The third-order valence-corrected chi connectivity index (χ3v) is 9.26. The summed E-state index contributed by atoms with van der Waals surface area (Å²) in [5, 5.41) is 7.63. The third kappa shape index (κ3) is 6.43. The number of amides is 1. The SMILES string of the molecule is O=C(Nc1ccc(S(=O)(=O)N2CCCCCC2)cc1)C1CCCN(Cc2nc(-c3cccc(Cl)c3)no2)C1. The van der Waals surface area contributed by atoms with E-state index in [1.807, 2.05) is 12.1 Å². The van der Waals surface area contributed by atoms with Gasteiger partial charge < -0.3 is 9.84 Å². The number of hydrogen-bond donors (Lipinski definition) is 1. The molecule has 2 aliphatic heterocycles. The fourth-order valence-corrected chi connectivity index (χ4v) is 6.76. The molecule has 11 heteroatoms. The zero-order valence-corrected chi connectivity index (χ0v) is 22.8. The van der Waals surface area contributed by atoms with E-state index in [0.29, 0.717) is 48.6 Å². The zero-order chi connectivity index (χ0) is 26.5. The summed E-state index contributed by atoms with van der Waals surface area (Å²) in [4.78, 5) is 19.9. The fraction of sp³-hybridized carbons (Fsp3) is 0.444. The lowest BCUT2D eigenvalue weighted by molar-refractivity contribution is -0.121. The quantitative estimate of drug-likeness (QED) is 0.444. The van der Waals surface area contributed by atoms with Crippen LogP contribution < -0.4 is 5.32 Å². The first-order chi connectivity index (χ1) is 18.4. The average Bonchev–Trinajstić information content (AvgIpc) is 3.20. The Bertz CT molecular complexity index is 1350. The van der Waals surface area contributed by atoms with E-state index in [2.05, 4.69) is 20.4 Å². The largest absolute Gasteiger partial charge is 0.338 e. The van der Waals surface area contributed by atoms with Crippen LogP contribution in [-0.2, 0) is 21.4 Å². The Morgan fingerprint density at radius 1 is 1.03 bits per heavy atom. The first-order valence-electron chi connectivity index (χ1n) is 13.1. The predicted molar refractivity (Wildman–Crippen MR) is 145 cm³/mol. The molecular weight excluding hydrogens is 526 g/mol. The van der Waals surface area contributed by atoms with Crippen LogP contribution in [0.4, 0.5) is 5.69 Å². The van der Waals surface area contributed by atoms with Crippen molar-refractivity contribution < 1.29 is 17.7 Å². The van der Waals surface area contributed by atoms with Gasteiger partial charge in [0, 0.05) is 35.9 Å². The minimum absolute atomic E-state index is 0.0806. The molecule has 2 fully saturated rings. The van der Waals surface area contributed by atoms with Crippen molar-refractivity contribution in [2.24, 2.45) is 5.92 Å². The Morgan fingerprint density at radius 2 is 1.79 bits per heavy atom. The molecule has 0 bridgehead atoms. The molecule has 2 aromatic carbocycles. The van der Waals surface area contributed by atoms with Gasteiger partial charge in [0.15, 0.2) is 0 Å². The molecule has 1 unspecified atom stereocenters. The fourth-order valence-electron chi connectivity index (χ4n) is 5.05. The highest BCUT2D eigenvalue weighted by Gasteiger charge is 2.28. The van der Waals surface area contributed by atoms with Gasteiger partial charge in [0.25, 0.3) is 0 Å². The standard InChI is InChI=1S/C27H32ClN5O4S/c28-22-9-5-7-20(17-22)26-30-25(37-31-26)19-32-14-6-8-21(18-32)27(34)29-23-10-12-24(13-11-23)38(35,36)33-15-3-1-2-4-16-33/h5,7,9-13,17,21H,1-4,6,8,14-16,18-19H2,(H,29,34). The van der Waals surface area contributed by atoms with Gasteiger partial charge in [0.1, 0.15) is 0 Å². The summed E-state index contributed by atoms with van der Waals surface area (Å²) in [5.74, 6) is 0.694. The van der Waals surface area contributed by atoms with Crippen LogP contribution in [0, 0.1) is 5.92 Å². The molecule has 2 saturated heterocycles. The summed E-state index contributed by atoms with van der Waals surface area (Å²) in [6, 6.07) is 13.8. The van der Waals surface area contributed by atoms with E-state index >= 15 is 0 Å². The number of anilines is 1. The molecule has 1 aromatic heterocycles. The number of benzene rings is 2. The predicted octanol–water partition coefficient (Wildman–Crippen LogP) is 4.81. The van der Waals surface area contributed by atoms with Crippen molar-refractivity contribution in [2.45, 2.75) is 50.0 Å². The maximum atomic E-state index is 13.0. The second-order valence-electron chi connectivity index (χ2n) is 9.93. The molecular formula is C27H32ClN5O4S. The zero-order valence-electron chi connectivity index (χ0n) is 21.2. The molecule has 0 aliphatic carbocycles. The number of piperidine rings is 1. The van der Waals surface area contributed by atoms with Crippen molar-refractivity contribution in [1.29, 1.82) is 0 Å². The van der Waals surface area contributed by atoms with Gasteiger partial charge in [-0.25, -0.2) is 8.42 Å². The number of rotatable bonds is 7. The number of nitrogens with zero attached hydrogens (tertiary/aromatic N) is 4. The van der Waals surface area contributed by atoms with E-state index in [4.69, 9.17) is 16.1 Å². The van der Waals surface area contributed by atoms with Crippen LogP contribution in [0.15, 0.2) is 57.9 Å². The number of aromatic nitrogens is 2. The van der Waals surface area contributed by atoms with Crippen LogP contribution in [0.1, 0.15) is 44.4 Å². The Labute approximate surface area is 228 Å². The number of carbonyl (C=O) groups excluding carboxylic acids is 1. The first kappa shape index (κ1) is 26.8. The van der Waals surface area contributed by atoms with E-state index in [-0.39, 0.29) is 16.7 Å². The lowest BCUT2D eigenvalue weighted by Crippen LogP contribution is -2.40. The van der Waals surface area contributed by atoms with E-state index in [0.717, 1.165) is 50.6 Å². The summed E-state index contributed by atoms with van der Waals surface area (Å²) in [7, 11) is -3.52. The molecule has 1 amide bonds. The highest BCUT2D eigenvalue weighted by atomic mass is 35.5. The number of nitrogens with one attached hydrogen (secondary N) is 1. The van der Waals surface area contributed by atoms with Gasteiger partial charge in [0.05, 0.1) is 17.4 Å². The molecule has 9 nitrogen and oxygen atoms in total. The van der Waals surface area contributed by atoms with E-state index in [1.165, 1.54) is 0 Å². The van der Waals surface area contributed by atoms with Crippen LogP contribution in [0.5, 0.6) is 0 Å². The van der Waals surface area contributed by atoms with Crippen LogP contribution in [0.2, 0.25) is 5.02 Å². The molecule has 202 valence electrons. The molecule has 0 radical (unpaired) electrons. The number of halogens is 1. The molecule has 1 N–H and O–H groups in total. The van der Waals surface area contributed by atoms with Crippen LogP contribution in [0.25, 0.3) is 11.4 Å². The van der Waals surface area contributed by atoms with Crippen molar-refractivity contribution in [1.82, 2.24) is 19.3 Å². The molecule has 3 aromatic rings. The lowest BCUT2D eigenvalue weighted by Gasteiger charge is -2.30. The van der Waals surface area contributed by atoms with E-state index in [1.54, 1.807) is 40.7 Å². The van der Waals surface area contributed by atoms with Crippen molar-refractivity contribution in [3.63, 3.8) is 0 Å². The van der Waals surface area contributed by atoms with Gasteiger partial charge in [-0.1, -0.05) is 41.7 Å². The van der Waals surface area contributed by atoms with E-state index in [9.17, 15) is 13.2 Å². The number of sulfonamides is 1. The van der Waals surface area contributed by atoms with Crippen molar-refractivity contribution in [2.75, 3.05) is 31.5 Å². The Kier molecular flexibility index (Phi) is 8.42. The Hall–Kier alpha value is -2.79. The van der Waals surface area contributed by atoms with Crippen LogP contribution in [-0.4, -0.2) is 59.8 Å². The molecule has 0 spiro atoms. The maximum Gasteiger partial charge on any atom is 0.243 e. The summed E-state index contributed by atoms with van der Waals surface area (Å²) in [5.41, 5.74) is 1.37. The van der Waals surface area contributed by atoms with Gasteiger partial charge in [-0.3, -0.25) is 9.69 Å². The van der Waals surface area contributed by atoms with Gasteiger partial charge in [-0.2, -0.15) is 9.29 Å². The van der Waals surface area contributed by atoms with Crippen molar-refractivity contribution >= 4 is 33.2 Å². The second-order valence-corrected chi connectivity index (χ2v) is 12.3. The molecule has 2 aliphatic rings. The summed E-state index contributed by atoms with van der Waals surface area (Å²) >= 11 is 6.07. The van der Waals surface area contributed by atoms with Gasteiger partial charge in [-0.05, 0) is 68.6 Å².